The highest BCUT2D eigenvalue weighted by Crippen LogP contribution is 2.50. The third kappa shape index (κ3) is 6.12. The van der Waals surface area contributed by atoms with Gasteiger partial charge in [-0.15, -0.1) is 0 Å². The van der Waals surface area contributed by atoms with Crippen LogP contribution in [0, 0.1) is 0 Å². The number of H-pyrrole nitrogens is 1. The first-order chi connectivity index (χ1) is 20.8. The first-order valence-corrected chi connectivity index (χ1v) is 16.0. The maximum absolute atomic E-state index is 13.1. The Kier molecular flexibility index (Phi) is 8.05. The molecule has 0 spiro atoms. The molecule has 7 atom stereocenters. The molecule has 0 aliphatic carbocycles. The fourth-order valence-corrected chi connectivity index (χ4v) is 6.41. The van der Waals surface area contributed by atoms with Crippen LogP contribution in [0.4, 0.5) is 11.8 Å². The van der Waals surface area contributed by atoms with E-state index in [2.05, 4.69) is 29.6 Å². The van der Waals surface area contributed by atoms with Crippen LogP contribution in [0.2, 0.25) is 0 Å². The van der Waals surface area contributed by atoms with E-state index in [1.807, 2.05) is 0 Å². The van der Waals surface area contributed by atoms with Gasteiger partial charge < -0.3 is 40.7 Å². The van der Waals surface area contributed by atoms with Crippen molar-refractivity contribution in [2.45, 2.75) is 49.6 Å². The Morgan fingerprint density at radius 2 is 1.89 bits per heavy atom. The molecule has 23 heteroatoms. The maximum atomic E-state index is 13.1. The Balaban J connectivity index is 1.17. The van der Waals surface area contributed by atoms with Crippen LogP contribution in [0.1, 0.15) is 30.9 Å². The molecule has 21 nitrogen and oxygen atoms in total. The van der Waals surface area contributed by atoms with E-state index in [4.69, 9.17) is 39.8 Å². The van der Waals surface area contributed by atoms with Gasteiger partial charge in [-0.2, -0.15) is 10.1 Å². The Hall–Kier alpha value is -3.33. The summed E-state index contributed by atoms with van der Waals surface area (Å²) in [5, 5.41) is 15.1. The molecule has 6 heterocycles. The number of fused-ring (bicyclic) bond motifs is 2. The van der Waals surface area contributed by atoms with Crippen molar-refractivity contribution in [2.75, 3.05) is 24.7 Å². The van der Waals surface area contributed by atoms with Crippen molar-refractivity contribution in [3.8, 4) is 0 Å². The summed E-state index contributed by atoms with van der Waals surface area (Å²) in [6, 6.07) is 3.54. The number of imidazole rings is 1. The molecule has 0 saturated carbocycles. The van der Waals surface area contributed by atoms with Gasteiger partial charge in [0.15, 0.2) is 23.2 Å². The lowest BCUT2D eigenvalue weighted by atomic mass is 10.1. The van der Waals surface area contributed by atoms with Crippen LogP contribution in [0.25, 0.3) is 16.7 Å². The summed E-state index contributed by atoms with van der Waals surface area (Å²) >= 11 is 0. The van der Waals surface area contributed by atoms with E-state index in [1.54, 1.807) is 16.6 Å². The summed E-state index contributed by atoms with van der Waals surface area (Å²) in [4.78, 5) is 55.2. The normalized spacial score (nSPS) is 27.4. The highest BCUT2D eigenvalue weighted by Gasteiger charge is 2.50. The molecule has 0 aromatic carbocycles. The van der Waals surface area contributed by atoms with Gasteiger partial charge in [-0.05, 0) is 25.0 Å². The van der Waals surface area contributed by atoms with Crippen LogP contribution in [-0.2, 0) is 32.2 Å². The second-order valence-electron chi connectivity index (χ2n) is 9.98. The molecule has 238 valence electrons. The van der Waals surface area contributed by atoms with Gasteiger partial charge in [0, 0.05) is 0 Å². The molecule has 2 fully saturated rings. The monoisotopic (exact) mass is 659 g/mol. The predicted molar refractivity (Wildman–Crippen MR) is 145 cm³/mol. The number of aromatic nitrogens is 7. The minimum atomic E-state index is -4.98. The van der Waals surface area contributed by atoms with Crippen LogP contribution >= 0.6 is 15.6 Å². The molecular weight excluding hydrogens is 632 g/mol. The van der Waals surface area contributed by atoms with Crippen LogP contribution in [0.3, 0.4) is 0 Å². The summed E-state index contributed by atoms with van der Waals surface area (Å²) in [5.74, 6) is 0.0147. The van der Waals surface area contributed by atoms with Crippen LogP contribution in [0.5, 0.6) is 0 Å². The zero-order valence-corrected chi connectivity index (χ0v) is 24.2. The van der Waals surface area contributed by atoms with Crippen molar-refractivity contribution in [1.29, 1.82) is 0 Å². The lowest BCUT2D eigenvalue weighted by Gasteiger charge is -2.24. The second kappa shape index (κ2) is 11.5. The number of rotatable bonds is 10. The number of ether oxygens (including phenoxy) is 2. The summed E-state index contributed by atoms with van der Waals surface area (Å²) in [6.45, 7) is -1.20. The van der Waals surface area contributed by atoms with Crippen molar-refractivity contribution in [3.63, 3.8) is 0 Å². The van der Waals surface area contributed by atoms with Crippen molar-refractivity contribution < 1.29 is 52.0 Å². The standard InChI is InChI=1S/C21H27N9O12P2/c22-17-11-3-2-10(30(11)26-7-24-17)12-4-1-9(40-12)5-39-44(36,37)42-16-15(31)13(6-38-43(33,34)35)41-20(16)29-8-25-14-18(29)27-21(23)28-19(14)32/h2-3,7-9,12-13,15-16,20,31H,1,4-6H2,(H,36,37)(H2,22,24,26)(H2,33,34,35)(H3,23,27,28,32)/t9-,12+,13+,15+,16?,20+/m0/s1. The lowest BCUT2D eigenvalue weighted by molar-refractivity contribution is -0.0522. The highest BCUT2D eigenvalue weighted by molar-refractivity contribution is 7.47. The van der Waals surface area contributed by atoms with Gasteiger partial charge in [-0.1, -0.05) is 0 Å². The fraction of sp³-hybridized carbons (Fsp3) is 0.476. The van der Waals surface area contributed by atoms with E-state index in [9.17, 15) is 23.9 Å². The number of aromatic amines is 1. The average Bonchev–Trinajstić information content (AvgIpc) is 3.73. The number of phosphoric ester groups is 2. The van der Waals surface area contributed by atoms with E-state index < -0.39 is 64.6 Å². The van der Waals surface area contributed by atoms with E-state index >= 15 is 0 Å². The lowest BCUT2D eigenvalue weighted by Crippen LogP contribution is -2.35. The minimum absolute atomic E-state index is 0.127. The third-order valence-electron chi connectivity index (χ3n) is 7.07. The van der Waals surface area contributed by atoms with Gasteiger partial charge in [-0.3, -0.25) is 27.9 Å². The fourth-order valence-electron chi connectivity index (χ4n) is 5.12. The van der Waals surface area contributed by atoms with E-state index in [-0.39, 0.29) is 23.7 Å². The van der Waals surface area contributed by atoms with Gasteiger partial charge in [0.1, 0.15) is 36.3 Å². The number of nitrogens with zero attached hydrogens (tertiary/aromatic N) is 6. The van der Waals surface area contributed by atoms with Gasteiger partial charge in [-0.25, -0.2) is 23.6 Å². The number of aliphatic hydroxyl groups is 1. The molecule has 44 heavy (non-hydrogen) atoms. The minimum Gasteiger partial charge on any atom is -0.387 e. The quantitative estimate of drug-likeness (QED) is 0.102. The Morgan fingerprint density at radius 3 is 2.66 bits per heavy atom. The van der Waals surface area contributed by atoms with Crippen molar-refractivity contribution in [2.24, 2.45) is 0 Å². The number of phosphoric acid groups is 2. The molecule has 2 unspecified atom stereocenters. The number of nitrogen functional groups attached to an aromatic ring is 2. The highest BCUT2D eigenvalue weighted by atomic mass is 31.2. The van der Waals surface area contributed by atoms with Gasteiger partial charge in [0.2, 0.25) is 5.95 Å². The molecule has 4 aromatic rings. The summed E-state index contributed by atoms with van der Waals surface area (Å²) in [6.07, 6.45) is -4.08. The van der Waals surface area contributed by atoms with E-state index in [1.165, 1.54) is 6.33 Å². The molecule has 2 aliphatic heterocycles. The van der Waals surface area contributed by atoms with Crippen molar-refractivity contribution >= 4 is 44.1 Å². The third-order valence-corrected chi connectivity index (χ3v) is 8.54. The number of anilines is 2. The van der Waals surface area contributed by atoms with E-state index in [0.717, 1.165) is 10.9 Å². The molecule has 2 aliphatic rings. The van der Waals surface area contributed by atoms with Gasteiger partial charge >= 0.3 is 15.6 Å². The number of nitrogens with two attached hydrogens (primary N) is 2. The van der Waals surface area contributed by atoms with Crippen LogP contribution in [-0.4, -0.2) is 91.5 Å². The second-order valence-corrected chi connectivity index (χ2v) is 12.6. The van der Waals surface area contributed by atoms with Crippen LogP contribution in [0.15, 0.2) is 29.6 Å². The molecule has 0 bridgehead atoms. The predicted octanol–water partition coefficient (Wildman–Crippen LogP) is -0.883. The zero-order chi connectivity index (χ0) is 31.4. The molecule has 9 N–H and O–H groups in total. The Labute approximate surface area is 245 Å². The summed E-state index contributed by atoms with van der Waals surface area (Å²) < 4.78 is 53.7. The van der Waals surface area contributed by atoms with Crippen molar-refractivity contribution in [1.82, 2.24) is 34.1 Å². The van der Waals surface area contributed by atoms with Gasteiger partial charge in [0.05, 0.1) is 31.3 Å². The Morgan fingerprint density at radius 1 is 1.09 bits per heavy atom. The average molecular weight is 659 g/mol. The largest absolute Gasteiger partial charge is 0.472 e. The number of hydrogen-bond donors (Lipinski definition) is 7. The number of aliphatic hydroxyl groups excluding tert-OH is 1. The zero-order valence-electron chi connectivity index (χ0n) is 22.4. The number of hydrogen-bond acceptors (Lipinski definition) is 15. The molecule has 0 radical (unpaired) electrons. The summed E-state index contributed by atoms with van der Waals surface area (Å²) in [5.41, 5.74) is 11.8. The first kappa shape index (κ1) is 30.7. The summed E-state index contributed by atoms with van der Waals surface area (Å²) in [7, 11) is -9.94. The van der Waals surface area contributed by atoms with E-state index in [0.29, 0.717) is 29.9 Å². The maximum Gasteiger partial charge on any atom is 0.472 e. The molecule has 2 saturated heterocycles. The molecule has 0 amide bonds. The smallest absolute Gasteiger partial charge is 0.387 e. The van der Waals surface area contributed by atoms with Crippen LogP contribution < -0.4 is 17.0 Å². The molecule has 6 rings (SSSR count). The first-order valence-electron chi connectivity index (χ1n) is 12.9. The number of nitrogens with one attached hydrogen (secondary N) is 1. The topological polar surface area (TPSA) is 307 Å². The Bertz CT molecular complexity index is 1840. The SMILES string of the molecule is Nc1nc2c(ncn2[C@@H]2O[C@H](COP(=O)(O)O)[C@@H](O)C2OP(=O)(O)OC[C@@H]2CC[C@H](c3ccc4c(N)ncnn34)O2)c(=O)[nH]1. The van der Waals surface area contributed by atoms with Crippen molar-refractivity contribution in [3.05, 3.63) is 40.8 Å². The molecule has 4 aromatic heterocycles. The molecular formula is C21H27N9O12P2. The van der Waals surface area contributed by atoms with Gasteiger partial charge in [0.25, 0.3) is 5.56 Å².